The Balaban J connectivity index is 1.37. The molecule has 1 atom stereocenters. The van der Waals surface area contributed by atoms with Crippen LogP contribution in [-0.2, 0) is 11.0 Å². The maximum absolute atomic E-state index is 14.7. The van der Waals surface area contributed by atoms with E-state index in [0.717, 1.165) is 18.9 Å². The van der Waals surface area contributed by atoms with Crippen molar-refractivity contribution in [2.75, 3.05) is 20.3 Å². The highest BCUT2D eigenvalue weighted by atomic mass is 19.4. The fourth-order valence-corrected chi connectivity index (χ4v) is 5.32. The summed E-state index contributed by atoms with van der Waals surface area (Å²) in [5, 5.41) is 18.6. The van der Waals surface area contributed by atoms with E-state index in [2.05, 4.69) is 20.1 Å². The molecule has 1 fully saturated rings. The molecule has 1 amide bonds. The lowest BCUT2D eigenvalue weighted by atomic mass is 9.84. The quantitative estimate of drug-likeness (QED) is 0.222. The Kier molecular flexibility index (Phi) is 7.38. The van der Waals surface area contributed by atoms with E-state index in [-0.39, 0.29) is 46.7 Å². The summed E-state index contributed by atoms with van der Waals surface area (Å²) in [5.41, 5.74) is -4.38. The second-order valence-corrected chi connectivity index (χ2v) is 11.8. The van der Waals surface area contributed by atoms with E-state index in [1.165, 1.54) is 43.5 Å². The zero-order chi connectivity index (χ0) is 32.3. The number of pyridine rings is 1. The number of halogens is 5. The molecule has 0 bridgehead atoms. The molecule has 1 aliphatic heterocycles. The number of alkyl halides is 5. The number of hydrogen-bond donors (Lipinski definition) is 2. The molecule has 9 nitrogen and oxygen atoms in total. The predicted octanol–water partition coefficient (Wildman–Crippen LogP) is 5.89. The van der Waals surface area contributed by atoms with Gasteiger partial charge in [-0.2, -0.15) is 27.1 Å². The molecule has 1 aliphatic carbocycles. The van der Waals surface area contributed by atoms with Crippen LogP contribution in [0, 0.1) is 0 Å². The third-order valence-electron chi connectivity index (χ3n) is 8.00. The molecular formula is C31H29F5N4O5. The molecule has 2 aliphatic rings. The minimum absolute atomic E-state index is 0.00667. The van der Waals surface area contributed by atoms with Gasteiger partial charge in [0.05, 0.1) is 32.0 Å². The molecule has 0 unspecified atom stereocenters. The van der Waals surface area contributed by atoms with Crippen LogP contribution < -0.4 is 19.5 Å². The fourth-order valence-electron chi connectivity index (χ4n) is 5.32. The molecule has 6 rings (SSSR count). The number of nitrogens with one attached hydrogen (secondary N) is 1. The summed E-state index contributed by atoms with van der Waals surface area (Å²) < 4.78 is 87.4. The SMILES string of the molecule is COc1cc(C(=O)NC[C@@](O)(c2cc3c(c(-c4cccc(OC(F)F)c4)n2)OCC3(C)C)C(F)(F)F)cc2cn(C3CC3)nc12. The number of ether oxygens (including phenoxy) is 3. The zero-order valence-electron chi connectivity index (χ0n) is 24.4. The Morgan fingerprint density at radius 2 is 1.96 bits per heavy atom. The largest absolute Gasteiger partial charge is 0.494 e. The highest BCUT2D eigenvalue weighted by molar-refractivity contribution is 6.00. The number of benzene rings is 2. The fraction of sp³-hybridized carbons (Fsp3) is 0.387. The smallest absolute Gasteiger partial charge is 0.424 e. The second kappa shape index (κ2) is 10.9. The van der Waals surface area contributed by atoms with Gasteiger partial charge in [-0.1, -0.05) is 26.0 Å². The van der Waals surface area contributed by atoms with E-state index in [9.17, 15) is 31.9 Å². The third-order valence-corrected chi connectivity index (χ3v) is 8.00. The van der Waals surface area contributed by atoms with Crippen LogP contribution in [0.2, 0.25) is 0 Å². The van der Waals surface area contributed by atoms with Crippen molar-refractivity contribution >= 4 is 16.8 Å². The molecule has 0 radical (unpaired) electrons. The van der Waals surface area contributed by atoms with Gasteiger partial charge in [0.15, 0.2) is 0 Å². The molecule has 238 valence electrons. The molecule has 45 heavy (non-hydrogen) atoms. The third kappa shape index (κ3) is 5.62. The van der Waals surface area contributed by atoms with E-state index >= 15 is 0 Å². The molecule has 3 heterocycles. The van der Waals surface area contributed by atoms with Crippen molar-refractivity contribution < 1.29 is 46.1 Å². The van der Waals surface area contributed by atoms with Crippen LogP contribution in [0.15, 0.2) is 48.7 Å². The van der Waals surface area contributed by atoms with E-state index in [4.69, 9.17) is 9.47 Å². The average molecular weight is 633 g/mol. The highest BCUT2D eigenvalue weighted by Crippen LogP contribution is 2.48. The maximum atomic E-state index is 14.7. The van der Waals surface area contributed by atoms with Crippen LogP contribution in [0.3, 0.4) is 0 Å². The molecule has 4 aromatic rings. The van der Waals surface area contributed by atoms with Crippen molar-refractivity contribution in [1.29, 1.82) is 0 Å². The van der Waals surface area contributed by atoms with Crippen LogP contribution in [0.5, 0.6) is 17.2 Å². The van der Waals surface area contributed by atoms with Crippen LogP contribution in [0.1, 0.15) is 54.3 Å². The Morgan fingerprint density at radius 3 is 2.62 bits per heavy atom. The molecule has 0 saturated heterocycles. The molecule has 1 saturated carbocycles. The van der Waals surface area contributed by atoms with E-state index in [1.54, 1.807) is 24.7 Å². The number of hydrogen-bond acceptors (Lipinski definition) is 7. The van der Waals surface area contributed by atoms with Gasteiger partial charge in [-0.3, -0.25) is 9.48 Å². The predicted molar refractivity (Wildman–Crippen MR) is 152 cm³/mol. The van der Waals surface area contributed by atoms with Crippen LogP contribution in [0.4, 0.5) is 22.0 Å². The van der Waals surface area contributed by atoms with Gasteiger partial charge in [0.1, 0.15) is 28.5 Å². The number of carbonyl (C=O) groups is 1. The topological polar surface area (TPSA) is 108 Å². The lowest BCUT2D eigenvalue weighted by molar-refractivity contribution is -0.265. The zero-order valence-corrected chi connectivity index (χ0v) is 24.4. The van der Waals surface area contributed by atoms with Gasteiger partial charge < -0.3 is 24.6 Å². The number of carbonyl (C=O) groups excluding carboxylic acids is 1. The van der Waals surface area contributed by atoms with Gasteiger partial charge in [-0.05, 0) is 43.2 Å². The maximum Gasteiger partial charge on any atom is 0.424 e. The second-order valence-electron chi connectivity index (χ2n) is 11.8. The first-order chi connectivity index (χ1) is 21.2. The summed E-state index contributed by atoms with van der Waals surface area (Å²) in [7, 11) is 1.40. The molecule has 2 aromatic carbocycles. The van der Waals surface area contributed by atoms with Crippen molar-refractivity contribution in [3.05, 3.63) is 65.5 Å². The lowest BCUT2D eigenvalue weighted by Crippen LogP contribution is -2.51. The number of methoxy groups -OCH3 is 1. The van der Waals surface area contributed by atoms with Crippen LogP contribution in [-0.4, -0.2) is 58.8 Å². The van der Waals surface area contributed by atoms with Gasteiger partial charge in [0.2, 0.25) is 5.60 Å². The number of aliphatic hydroxyl groups is 1. The summed E-state index contributed by atoms with van der Waals surface area (Å²) in [6, 6.07) is 9.49. The number of nitrogens with zero attached hydrogens (tertiary/aromatic N) is 3. The van der Waals surface area contributed by atoms with Crippen molar-refractivity contribution in [1.82, 2.24) is 20.1 Å². The monoisotopic (exact) mass is 632 g/mol. The molecule has 2 aromatic heterocycles. The van der Waals surface area contributed by atoms with E-state index in [0.29, 0.717) is 16.5 Å². The van der Waals surface area contributed by atoms with Crippen LogP contribution >= 0.6 is 0 Å². The first-order valence-electron chi connectivity index (χ1n) is 14.1. The van der Waals surface area contributed by atoms with Gasteiger partial charge >= 0.3 is 12.8 Å². The highest BCUT2D eigenvalue weighted by Gasteiger charge is 2.57. The van der Waals surface area contributed by atoms with Crippen molar-refractivity contribution in [2.24, 2.45) is 0 Å². The molecular weight excluding hydrogens is 603 g/mol. The average Bonchev–Trinajstić information content (AvgIpc) is 3.67. The minimum atomic E-state index is -5.30. The first-order valence-corrected chi connectivity index (χ1v) is 14.1. The van der Waals surface area contributed by atoms with Gasteiger partial charge in [0.25, 0.3) is 5.91 Å². The Morgan fingerprint density at radius 1 is 1.20 bits per heavy atom. The Bertz CT molecular complexity index is 1790. The normalized spacial score (nSPS) is 17.1. The summed E-state index contributed by atoms with van der Waals surface area (Å²) in [6.07, 6.45) is -1.61. The lowest BCUT2D eigenvalue weighted by Gasteiger charge is -2.31. The summed E-state index contributed by atoms with van der Waals surface area (Å²) in [4.78, 5) is 17.4. The van der Waals surface area contributed by atoms with E-state index < -0.39 is 41.9 Å². The molecule has 0 spiro atoms. The number of amides is 1. The first kappa shape index (κ1) is 30.6. The number of rotatable bonds is 9. The van der Waals surface area contributed by atoms with Crippen molar-refractivity contribution in [3.63, 3.8) is 0 Å². The Labute approximate surface area is 253 Å². The summed E-state index contributed by atoms with van der Waals surface area (Å²) in [5.74, 6) is -0.708. The number of aromatic nitrogens is 3. The minimum Gasteiger partial charge on any atom is -0.494 e. The van der Waals surface area contributed by atoms with Gasteiger partial charge in [-0.15, -0.1) is 0 Å². The molecule has 14 heteroatoms. The van der Waals surface area contributed by atoms with Crippen molar-refractivity contribution in [3.8, 4) is 28.5 Å². The molecule has 2 N–H and O–H groups in total. The van der Waals surface area contributed by atoms with E-state index in [1.807, 2.05) is 0 Å². The number of fused-ring (bicyclic) bond motifs is 2. The van der Waals surface area contributed by atoms with Crippen molar-refractivity contribution in [2.45, 2.75) is 56.5 Å². The summed E-state index contributed by atoms with van der Waals surface area (Å²) >= 11 is 0. The summed E-state index contributed by atoms with van der Waals surface area (Å²) in [6.45, 7) is -0.832. The van der Waals surface area contributed by atoms with Gasteiger partial charge in [0, 0.05) is 33.7 Å². The van der Waals surface area contributed by atoms with Gasteiger partial charge in [-0.25, -0.2) is 4.98 Å². The Hall–Kier alpha value is -4.46. The van der Waals surface area contributed by atoms with Crippen LogP contribution in [0.25, 0.3) is 22.2 Å². The standard InChI is InChI=1S/C31H29F5N4O5/c1-29(2)15-44-26-21(29)12-23(38-25(26)16-5-4-6-20(10-16)45-28(32)33)30(42,31(34,35)36)14-37-27(41)17-9-18-13-40(19-7-8-19)39-24(18)22(11-17)43-3/h4-6,9-13,19,28,42H,7-8,14-15H2,1-3H3,(H,37,41)/t30-/m1/s1.